The average Bonchev–Trinajstić information content (AvgIpc) is 0.893. The van der Waals surface area contributed by atoms with Gasteiger partial charge in [-0.2, -0.15) is 5.10 Å². The highest BCUT2D eigenvalue weighted by Gasteiger charge is 2.66. The van der Waals surface area contributed by atoms with Crippen molar-refractivity contribution in [1.82, 2.24) is 30.0 Å². The number of hydrogen-bond donors (Lipinski definition) is 8. The maximum atomic E-state index is 13.8. The van der Waals surface area contributed by atoms with Crippen LogP contribution in [0, 0.1) is 23.2 Å². The topological polar surface area (TPSA) is 370 Å². The van der Waals surface area contributed by atoms with Gasteiger partial charge >= 0.3 is 18.0 Å². The fourth-order valence-corrected chi connectivity index (χ4v) is 17.6. The van der Waals surface area contributed by atoms with Crippen molar-refractivity contribution >= 4 is 91.7 Å². The fraction of sp³-hybridized carbons (Fsp3) is 0.473. The molecule has 27 nitrogen and oxygen atoms in total. The van der Waals surface area contributed by atoms with Gasteiger partial charge in [-0.25, -0.2) is 24.4 Å². The summed E-state index contributed by atoms with van der Waals surface area (Å²) in [6.45, 7) is 9.40. The molecule has 4 bridgehead atoms. The Hall–Kier alpha value is -9.29. The molecular formula is C74H85N9O18S. The average molecular weight is 1420 g/mol. The number of amides is 5. The number of aromatic carboxylic acids is 1. The molecule has 102 heavy (non-hydrogen) atoms. The van der Waals surface area contributed by atoms with Gasteiger partial charge in [-0.1, -0.05) is 68.0 Å². The van der Waals surface area contributed by atoms with Crippen molar-refractivity contribution in [3.63, 3.8) is 0 Å². The zero-order valence-corrected chi connectivity index (χ0v) is 57.9. The number of ether oxygens (including phenoxy) is 5. The predicted molar refractivity (Wildman–Crippen MR) is 373 cm³/mol. The van der Waals surface area contributed by atoms with Crippen LogP contribution >= 0.6 is 11.3 Å². The lowest BCUT2D eigenvalue weighted by molar-refractivity contribution is -0.271. The van der Waals surface area contributed by atoms with E-state index in [2.05, 4.69) is 34.8 Å². The molecule has 0 spiro atoms. The summed E-state index contributed by atoms with van der Waals surface area (Å²) in [6, 6.07) is 21.5. The van der Waals surface area contributed by atoms with Gasteiger partial charge in [-0.15, -0.1) is 0 Å². The molecule has 3 aromatic carbocycles. The molecule has 13 rings (SSSR count). The summed E-state index contributed by atoms with van der Waals surface area (Å²) in [5.41, 5.74) is 5.24. The van der Waals surface area contributed by atoms with Gasteiger partial charge in [-0.05, 0) is 153 Å². The van der Waals surface area contributed by atoms with Crippen LogP contribution in [0.4, 0.5) is 21.4 Å². The van der Waals surface area contributed by atoms with Gasteiger partial charge in [0.1, 0.15) is 42.3 Å². The summed E-state index contributed by atoms with van der Waals surface area (Å²) in [5.74, 6) is -3.92. The summed E-state index contributed by atoms with van der Waals surface area (Å²) < 4.78 is 32.3. The number of anilines is 3. The maximum absolute atomic E-state index is 13.8. The second kappa shape index (κ2) is 30.7. The van der Waals surface area contributed by atoms with Crippen LogP contribution in [0.1, 0.15) is 141 Å². The molecule has 3 unspecified atom stereocenters. The van der Waals surface area contributed by atoms with Crippen LogP contribution in [0.2, 0.25) is 0 Å². The summed E-state index contributed by atoms with van der Waals surface area (Å²) in [5, 5.41) is 65.4. The molecule has 3 aliphatic heterocycles. The number of carbonyl (C=O) groups excluding carboxylic acids is 6. The van der Waals surface area contributed by atoms with E-state index in [1.165, 1.54) is 35.6 Å². The van der Waals surface area contributed by atoms with Gasteiger partial charge < -0.3 is 64.8 Å². The molecule has 6 aromatic rings. The molecule has 540 valence electrons. The number of benzene rings is 3. The minimum Gasteiger partial charge on any atom is -0.479 e. The molecule has 7 atom stereocenters. The molecule has 5 amide bonds. The molecule has 0 radical (unpaired) electrons. The molecule has 28 heteroatoms. The summed E-state index contributed by atoms with van der Waals surface area (Å²) in [4.78, 5) is 113. The number of fused-ring (bicyclic) bond motifs is 2. The second-order valence-corrected chi connectivity index (χ2v) is 29.5. The lowest BCUT2D eigenvalue weighted by atomic mass is 9.39. The molecule has 5 fully saturated rings. The monoisotopic (exact) mass is 1420 g/mol. The molecule has 8 N–H and O–H groups in total. The van der Waals surface area contributed by atoms with Crippen LogP contribution < -0.4 is 25.6 Å². The number of Topliss-reactive ketones (excluding diaryl/α,β-unsaturated/α-hetero) is 1. The Morgan fingerprint density at radius 1 is 0.784 bits per heavy atom. The highest BCUT2D eigenvalue weighted by Crippen LogP contribution is 2.72. The first-order valence-corrected chi connectivity index (χ1v) is 35.4. The number of aliphatic hydroxyl groups excluding tert-OH is 3. The summed E-state index contributed by atoms with van der Waals surface area (Å²) >= 11 is 1.41. The van der Waals surface area contributed by atoms with Gasteiger partial charge in [0.05, 0.1) is 47.5 Å². The first-order valence-electron chi connectivity index (χ1n) is 34.5. The minimum atomic E-state index is -1.97. The normalized spacial score (nSPS) is 24.9. The Kier molecular flexibility index (Phi) is 21.8. The molecule has 6 heterocycles. The Labute approximate surface area is 592 Å². The van der Waals surface area contributed by atoms with E-state index in [1.807, 2.05) is 65.0 Å². The number of alkyl carbamates (subject to hydrolysis) is 1. The van der Waals surface area contributed by atoms with Crippen molar-refractivity contribution in [3.05, 3.63) is 131 Å². The first kappa shape index (κ1) is 72.5. The Balaban J connectivity index is 0.601. The lowest BCUT2D eigenvalue weighted by Crippen LogP contribution is -2.64. The van der Waals surface area contributed by atoms with Crippen LogP contribution in [-0.4, -0.2) is 180 Å². The van der Waals surface area contributed by atoms with Crippen LogP contribution in [0.25, 0.3) is 27.4 Å². The van der Waals surface area contributed by atoms with Crippen LogP contribution in [-0.2, 0) is 62.4 Å². The van der Waals surface area contributed by atoms with Crippen molar-refractivity contribution in [2.45, 2.75) is 160 Å². The first-order chi connectivity index (χ1) is 48.9. The van der Waals surface area contributed by atoms with Crippen molar-refractivity contribution in [3.8, 4) is 16.9 Å². The van der Waals surface area contributed by atoms with Crippen LogP contribution in [0.15, 0.2) is 97.2 Å². The standard InChI is InChI=1S/C74H85N9O18S/c1-44-50(48-21-23-56(79-60(48)66(92)93)81-29-26-46-13-9-16-49(51(46)36-81)65(91)80-69-78-52-17-6-7-18-55(52)102-69)35-76-83(44)43-73-38-71(2)37-72(3,39-73)41-74(40-71,42-73)99-33-32-97-31-27-75-70(96)98-30-11-12-45-20-22-54(100-68-63(90)61(88)62(89)64(101-68)67(94)95)53(34-45)77-57(85)19-10-15-47(84)14-5-4-8-28-82-58(86)24-25-59(82)87/h6-7,9,11-13,16-18,20-25,34-35,61-64,68,88-90H,4-5,8,10,14-15,19,26-33,36-43H2,1-3H3,(H,75,96)(H,77,85)(H,92,93)(H,94,95)(H,78,80,91)/b12-11+/t61-,62-,63-,64-,68?,71?,72?,73?,74?/m0/s1. The summed E-state index contributed by atoms with van der Waals surface area (Å²) in [7, 11) is 0. The molecule has 4 saturated carbocycles. The zero-order chi connectivity index (χ0) is 72.1. The number of carbonyl (C=O) groups is 8. The number of aliphatic hydroxyl groups is 3. The number of para-hydroxylation sites is 1. The fourth-order valence-electron chi connectivity index (χ4n) is 16.8. The van der Waals surface area contributed by atoms with Crippen LogP contribution in [0.3, 0.4) is 0 Å². The van der Waals surface area contributed by atoms with Gasteiger partial charge in [0.25, 0.3) is 17.7 Å². The van der Waals surface area contributed by atoms with Gasteiger partial charge in [-0.3, -0.25) is 38.9 Å². The number of nitrogens with zero attached hydrogens (tertiary/aromatic N) is 6. The number of ketones is 1. The van der Waals surface area contributed by atoms with Crippen LogP contribution in [0.5, 0.6) is 5.75 Å². The van der Waals surface area contributed by atoms with Crippen molar-refractivity contribution in [2.24, 2.45) is 16.2 Å². The largest absolute Gasteiger partial charge is 0.479 e. The van der Waals surface area contributed by atoms with E-state index in [0.717, 1.165) is 70.5 Å². The quantitative estimate of drug-likeness (QED) is 0.0149. The van der Waals surface area contributed by atoms with E-state index < -0.39 is 54.6 Å². The molecule has 1 saturated heterocycles. The van der Waals surface area contributed by atoms with E-state index >= 15 is 0 Å². The van der Waals surface area contributed by atoms with E-state index in [1.54, 1.807) is 30.5 Å². The number of imide groups is 1. The predicted octanol–water partition coefficient (Wildman–Crippen LogP) is 8.40. The number of unbranched alkanes of at least 4 members (excludes halogenated alkanes) is 2. The van der Waals surface area contributed by atoms with E-state index in [-0.39, 0.29) is 114 Å². The molecule has 7 aliphatic rings. The molecule has 4 aliphatic carbocycles. The Bertz CT molecular complexity index is 4190. The Morgan fingerprint density at radius 2 is 1.56 bits per heavy atom. The van der Waals surface area contributed by atoms with Crippen molar-refractivity contribution < 1.29 is 87.6 Å². The zero-order valence-electron chi connectivity index (χ0n) is 57.1. The van der Waals surface area contributed by atoms with Crippen molar-refractivity contribution in [2.75, 3.05) is 61.6 Å². The summed E-state index contributed by atoms with van der Waals surface area (Å²) in [6.07, 6.45) is 5.72. The van der Waals surface area contributed by atoms with Crippen molar-refractivity contribution in [1.29, 1.82) is 0 Å². The van der Waals surface area contributed by atoms with E-state index in [9.17, 15) is 63.9 Å². The lowest BCUT2D eigenvalue weighted by Gasteiger charge is -2.69. The molecular weight excluding hydrogens is 1330 g/mol. The third-order valence-corrected chi connectivity index (χ3v) is 21.1. The van der Waals surface area contributed by atoms with Gasteiger partial charge in [0.15, 0.2) is 16.9 Å². The number of thiazole rings is 1. The number of aromatic nitrogens is 4. The SMILES string of the molecule is Cc1c(-c2ccc(N3CCc4cccc(C(=O)Nc5nc6ccccc6s5)c4C3)nc2C(=O)O)cnn1CC12CC3(C)CC(C)(C1)CC(OCCOCCNC(=O)OC/C=C/c1ccc(OC4O[C@H](C(=O)O)[C@@H](O)[C@H](O)[C@@H]4O)c(NC(=O)CCCC(=O)CCCCCN4C(=O)C=CC4=O)c1)(C3)C2. The smallest absolute Gasteiger partial charge is 0.407 e. The highest BCUT2D eigenvalue weighted by atomic mass is 32.1. The maximum Gasteiger partial charge on any atom is 0.407 e. The number of nitrogens with one attached hydrogen (secondary N) is 3. The Morgan fingerprint density at radius 3 is 2.32 bits per heavy atom. The number of carboxylic acid groups (broad SMARTS) is 2. The minimum absolute atomic E-state index is 0.0293. The number of carboxylic acids is 2. The third-order valence-electron chi connectivity index (χ3n) is 20.2. The number of rotatable bonds is 31. The number of hydrogen-bond acceptors (Lipinski definition) is 21. The number of aliphatic carboxylic acids is 1. The van der Waals surface area contributed by atoms with Gasteiger partial charge in [0.2, 0.25) is 12.2 Å². The number of pyridine rings is 1. The van der Waals surface area contributed by atoms with E-state index in [4.69, 9.17) is 33.8 Å². The van der Waals surface area contributed by atoms with E-state index in [0.29, 0.717) is 91.7 Å². The third kappa shape index (κ3) is 16.6. The second-order valence-electron chi connectivity index (χ2n) is 28.5. The molecule has 3 aromatic heterocycles. The van der Waals surface area contributed by atoms with Gasteiger partial charge in [0, 0.05) is 86.5 Å². The highest BCUT2D eigenvalue weighted by molar-refractivity contribution is 7.22.